The second-order valence-electron chi connectivity index (χ2n) is 12.3. The van der Waals surface area contributed by atoms with Gasteiger partial charge in [-0.05, 0) is 31.7 Å². The highest BCUT2D eigenvalue weighted by Gasteiger charge is 2.91. The fourth-order valence-corrected chi connectivity index (χ4v) is 11.0. The maximum atomic E-state index is 13.0. The lowest BCUT2D eigenvalue weighted by Crippen LogP contribution is -2.82. The minimum atomic E-state index is -1.67. The van der Waals surface area contributed by atoms with Gasteiger partial charge in [-0.3, -0.25) is 9.69 Å². The molecule has 1 saturated heterocycles. The Morgan fingerprint density at radius 2 is 1.91 bits per heavy atom. The summed E-state index contributed by atoms with van der Waals surface area (Å²) >= 11 is 0. The molecule has 9 nitrogen and oxygen atoms in total. The van der Waals surface area contributed by atoms with E-state index >= 15 is 0 Å². The van der Waals surface area contributed by atoms with Crippen molar-refractivity contribution in [3.8, 4) is 0 Å². The minimum Gasteiger partial charge on any atom is -0.462 e. The normalized spacial score (nSPS) is 57.9. The number of aliphatic hydroxyl groups excluding tert-OH is 1. The maximum Gasteiger partial charge on any atom is 0.302 e. The Morgan fingerprint density at radius 1 is 1.17 bits per heavy atom. The van der Waals surface area contributed by atoms with Crippen molar-refractivity contribution in [1.29, 1.82) is 0 Å². The topological polar surface area (TPSA) is 118 Å². The van der Waals surface area contributed by atoms with Crippen LogP contribution >= 0.6 is 0 Å². The first kappa shape index (κ1) is 24.5. The van der Waals surface area contributed by atoms with Gasteiger partial charge in [0, 0.05) is 69.8 Å². The number of rotatable bonds is 6. The third-order valence-corrected chi connectivity index (χ3v) is 11.5. The van der Waals surface area contributed by atoms with Crippen LogP contribution in [0.5, 0.6) is 0 Å². The van der Waals surface area contributed by atoms with Gasteiger partial charge >= 0.3 is 5.97 Å². The van der Waals surface area contributed by atoms with E-state index < -0.39 is 52.9 Å². The number of nitrogens with zero attached hydrogens (tertiary/aromatic N) is 1. The lowest BCUT2D eigenvalue weighted by molar-refractivity contribution is -0.318. The quantitative estimate of drug-likeness (QED) is 0.444. The first-order valence-corrected chi connectivity index (χ1v) is 13.2. The number of aliphatic hydroxyl groups is 3. The van der Waals surface area contributed by atoms with Crippen molar-refractivity contribution in [2.75, 3.05) is 41.0 Å². The van der Waals surface area contributed by atoms with E-state index in [0.29, 0.717) is 26.0 Å². The largest absolute Gasteiger partial charge is 0.462 e. The van der Waals surface area contributed by atoms with Crippen molar-refractivity contribution in [2.24, 2.45) is 34.5 Å². The number of hydrogen-bond donors (Lipinski definition) is 3. The number of carbonyl (C=O) groups is 1. The smallest absolute Gasteiger partial charge is 0.302 e. The Bertz CT molecular complexity index is 903. The van der Waals surface area contributed by atoms with Gasteiger partial charge in [-0.25, -0.2) is 0 Å². The number of carbonyl (C=O) groups excluding carboxylic acids is 1. The molecule has 1 aliphatic heterocycles. The SMILES string of the molecule is CCN1C[C@]2(COC)CC[C@H](O)[C@@]34[C@@H]2[C@H](OC)[C@@](O)([C@@H]13)[C@@]1(O)C[C@@H](OC)[C@H]2C[C@H]4[C@@H]1[C@H]2OC(C)=O. The van der Waals surface area contributed by atoms with Gasteiger partial charge in [0.05, 0.1) is 31.0 Å². The highest BCUT2D eigenvalue weighted by atomic mass is 16.6. The first-order chi connectivity index (χ1) is 16.6. The van der Waals surface area contributed by atoms with Gasteiger partial charge in [0.25, 0.3) is 0 Å². The van der Waals surface area contributed by atoms with Crippen LogP contribution in [0.15, 0.2) is 0 Å². The maximum absolute atomic E-state index is 13.0. The Morgan fingerprint density at radius 3 is 2.51 bits per heavy atom. The second kappa shape index (κ2) is 7.62. The predicted molar refractivity (Wildman–Crippen MR) is 123 cm³/mol. The molecule has 7 bridgehead atoms. The molecule has 9 heteroatoms. The van der Waals surface area contributed by atoms with Gasteiger partial charge < -0.3 is 34.3 Å². The molecule has 3 N–H and O–H groups in total. The molecule has 0 radical (unpaired) electrons. The van der Waals surface area contributed by atoms with Gasteiger partial charge in [-0.2, -0.15) is 0 Å². The lowest BCUT2D eigenvalue weighted by Gasteiger charge is -2.69. The number of fused-ring (bicyclic) bond motifs is 2. The molecule has 13 atom stereocenters. The van der Waals surface area contributed by atoms with E-state index in [1.807, 2.05) is 0 Å². The highest BCUT2D eigenvalue weighted by molar-refractivity contribution is 5.66. The van der Waals surface area contributed by atoms with E-state index in [1.165, 1.54) is 6.92 Å². The number of hydrogen-bond acceptors (Lipinski definition) is 9. The van der Waals surface area contributed by atoms with E-state index in [9.17, 15) is 20.1 Å². The Balaban J connectivity index is 1.65. The van der Waals surface area contributed by atoms with Crippen LogP contribution < -0.4 is 0 Å². The molecule has 1 spiro atoms. The molecule has 5 aliphatic carbocycles. The van der Waals surface area contributed by atoms with Gasteiger partial charge in [-0.15, -0.1) is 0 Å². The summed E-state index contributed by atoms with van der Waals surface area (Å²) in [6.07, 6.45) is -0.0360. The summed E-state index contributed by atoms with van der Waals surface area (Å²) in [5, 5.41) is 37.7. The number of likely N-dealkylation sites (tertiary alicyclic amines) is 1. The number of likely N-dealkylation sites (N-methyl/N-ethyl adjacent to an activating group) is 1. The molecule has 0 aromatic rings. The number of esters is 1. The van der Waals surface area contributed by atoms with Gasteiger partial charge in [0.1, 0.15) is 17.3 Å². The minimum absolute atomic E-state index is 0.0979. The molecule has 0 aromatic heterocycles. The Kier molecular flexibility index (Phi) is 5.34. The van der Waals surface area contributed by atoms with Crippen LogP contribution in [-0.2, 0) is 23.7 Å². The highest BCUT2D eigenvalue weighted by Crippen LogP contribution is 2.80. The van der Waals surface area contributed by atoms with E-state index in [2.05, 4.69) is 11.8 Å². The van der Waals surface area contributed by atoms with Crippen molar-refractivity contribution in [1.82, 2.24) is 4.90 Å². The van der Waals surface area contributed by atoms with Crippen molar-refractivity contribution in [3.05, 3.63) is 0 Å². The van der Waals surface area contributed by atoms with Gasteiger partial charge in [-0.1, -0.05) is 6.92 Å². The summed E-state index contributed by atoms with van der Waals surface area (Å²) in [5.74, 6) is -1.35. The molecular weight excluding hydrogens is 454 g/mol. The average molecular weight is 496 g/mol. The molecule has 198 valence electrons. The summed E-state index contributed by atoms with van der Waals surface area (Å²) < 4.78 is 23.8. The van der Waals surface area contributed by atoms with Crippen LogP contribution in [-0.4, -0.2) is 109 Å². The number of ether oxygens (including phenoxy) is 4. The molecule has 6 aliphatic rings. The number of piperidine rings is 1. The summed E-state index contributed by atoms with van der Waals surface area (Å²) in [5.41, 5.74) is -4.31. The molecule has 5 saturated carbocycles. The molecule has 1 heterocycles. The van der Waals surface area contributed by atoms with Crippen LogP contribution in [0.2, 0.25) is 0 Å². The zero-order valence-electron chi connectivity index (χ0n) is 21.5. The monoisotopic (exact) mass is 495 g/mol. The van der Waals surface area contributed by atoms with Crippen molar-refractivity contribution in [3.63, 3.8) is 0 Å². The van der Waals surface area contributed by atoms with Crippen molar-refractivity contribution < 1.29 is 39.1 Å². The van der Waals surface area contributed by atoms with Crippen molar-refractivity contribution >= 4 is 5.97 Å². The van der Waals surface area contributed by atoms with E-state index in [1.54, 1.807) is 21.3 Å². The van der Waals surface area contributed by atoms with Crippen LogP contribution in [0.3, 0.4) is 0 Å². The van der Waals surface area contributed by atoms with Crippen LogP contribution in [0.4, 0.5) is 0 Å². The zero-order chi connectivity index (χ0) is 25.1. The second-order valence-corrected chi connectivity index (χ2v) is 12.3. The lowest BCUT2D eigenvalue weighted by atomic mass is 9.42. The molecule has 6 rings (SSSR count). The summed E-state index contributed by atoms with van der Waals surface area (Å²) in [7, 11) is 4.93. The van der Waals surface area contributed by atoms with E-state index in [0.717, 1.165) is 13.0 Å². The summed E-state index contributed by atoms with van der Waals surface area (Å²) in [6, 6.07) is -0.478. The Labute approximate surface area is 207 Å². The average Bonchev–Trinajstić information content (AvgIpc) is 3.21. The Hall–Kier alpha value is -0.810. The van der Waals surface area contributed by atoms with Crippen LogP contribution in [0, 0.1) is 34.5 Å². The molecule has 0 unspecified atom stereocenters. The summed E-state index contributed by atoms with van der Waals surface area (Å²) in [4.78, 5) is 14.5. The molecule has 6 fully saturated rings. The standard InChI is InChI=1S/C26H41NO8/c1-6-27-11-23(12-32-3)8-7-17(29)25-15-9-14-16(33-4)10-24(30,18(15)19(14)35-13(2)28)26(31,22(25)27)21(34-5)20(23)25/h14-22,29-31H,6-12H2,1-5H3/t14-,15+,16-,17+,18-,19+,20-,21+,22+,23+,24-,25+,26-/m1/s1. The number of methoxy groups -OCH3 is 3. The molecule has 0 aromatic carbocycles. The van der Waals surface area contributed by atoms with E-state index in [-0.39, 0.29) is 35.7 Å². The summed E-state index contributed by atoms with van der Waals surface area (Å²) in [6.45, 7) is 5.36. The molecule has 35 heavy (non-hydrogen) atoms. The third kappa shape index (κ3) is 2.48. The third-order valence-electron chi connectivity index (χ3n) is 11.5. The van der Waals surface area contributed by atoms with Crippen LogP contribution in [0.1, 0.15) is 39.5 Å². The van der Waals surface area contributed by atoms with Crippen LogP contribution in [0.25, 0.3) is 0 Å². The zero-order valence-corrected chi connectivity index (χ0v) is 21.5. The first-order valence-electron chi connectivity index (χ1n) is 13.2. The predicted octanol–water partition coefficient (Wildman–Crippen LogP) is 0.188. The van der Waals surface area contributed by atoms with Gasteiger partial charge in [0.15, 0.2) is 0 Å². The fraction of sp³-hybridized carbons (Fsp3) is 0.962. The van der Waals surface area contributed by atoms with E-state index in [4.69, 9.17) is 18.9 Å². The van der Waals surface area contributed by atoms with Crippen molar-refractivity contribution in [2.45, 2.75) is 81.2 Å². The molecule has 0 amide bonds. The van der Waals surface area contributed by atoms with Gasteiger partial charge in [0.2, 0.25) is 0 Å². The molecular formula is C26H41NO8. The fourth-order valence-electron chi connectivity index (χ4n) is 11.0.